The highest BCUT2D eigenvalue weighted by atomic mass is 16.5. The molecule has 1 fully saturated rings. The molecular formula is C16H26N2O2. The Labute approximate surface area is 121 Å². The zero-order chi connectivity index (χ0) is 14.4. The molecule has 0 aliphatic carbocycles. The Morgan fingerprint density at radius 1 is 1.30 bits per heavy atom. The number of nitrogens with two attached hydrogens (primary N) is 1. The van der Waals surface area contributed by atoms with Crippen LogP contribution < -0.4 is 10.5 Å². The van der Waals surface area contributed by atoms with Gasteiger partial charge >= 0.3 is 0 Å². The summed E-state index contributed by atoms with van der Waals surface area (Å²) in [5.41, 5.74) is 6.71. The van der Waals surface area contributed by atoms with Gasteiger partial charge in [0.2, 0.25) is 0 Å². The van der Waals surface area contributed by atoms with Gasteiger partial charge < -0.3 is 15.2 Å². The van der Waals surface area contributed by atoms with Crippen molar-refractivity contribution in [1.82, 2.24) is 4.90 Å². The van der Waals surface area contributed by atoms with E-state index in [1.807, 2.05) is 24.3 Å². The van der Waals surface area contributed by atoms with Crippen LogP contribution in [-0.2, 0) is 11.3 Å². The quantitative estimate of drug-likeness (QED) is 0.863. The van der Waals surface area contributed by atoms with Gasteiger partial charge in [0.1, 0.15) is 12.4 Å². The number of piperidine rings is 1. The first kappa shape index (κ1) is 15.3. The maximum absolute atomic E-state index is 5.78. The summed E-state index contributed by atoms with van der Waals surface area (Å²) >= 11 is 0. The lowest BCUT2D eigenvalue weighted by molar-refractivity contribution is -0.00788. The van der Waals surface area contributed by atoms with Gasteiger partial charge in [0.25, 0.3) is 0 Å². The van der Waals surface area contributed by atoms with Crippen LogP contribution in [0.5, 0.6) is 5.75 Å². The highest BCUT2D eigenvalue weighted by Crippen LogP contribution is 2.19. The van der Waals surface area contributed by atoms with E-state index in [4.69, 9.17) is 15.2 Å². The third-order valence-corrected chi connectivity index (χ3v) is 4.11. The van der Waals surface area contributed by atoms with Gasteiger partial charge in [-0.05, 0) is 36.6 Å². The molecule has 0 aromatic heterocycles. The number of ether oxygens (including phenoxy) is 2. The van der Waals surface area contributed by atoms with Gasteiger partial charge in [-0.25, -0.2) is 0 Å². The number of methoxy groups -OCH3 is 1. The highest BCUT2D eigenvalue weighted by Gasteiger charge is 2.25. The Kier molecular flexibility index (Phi) is 5.83. The number of hydrogen-bond donors (Lipinski definition) is 1. The van der Waals surface area contributed by atoms with Gasteiger partial charge in [-0.2, -0.15) is 0 Å². The summed E-state index contributed by atoms with van der Waals surface area (Å²) < 4.78 is 11.3. The molecule has 2 rings (SSSR count). The lowest BCUT2D eigenvalue weighted by Gasteiger charge is -2.36. The number of rotatable bonds is 6. The Bertz CT molecular complexity index is 394. The van der Waals surface area contributed by atoms with Crippen molar-refractivity contribution < 1.29 is 9.47 Å². The third-order valence-electron chi connectivity index (χ3n) is 4.11. The van der Waals surface area contributed by atoms with Gasteiger partial charge in [-0.3, -0.25) is 4.90 Å². The largest absolute Gasteiger partial charge is 0.492 e. The molecule has 0 amide bonds. The van der Waals surface area contributed by atoms with Gasteiger partial charge in [-0.1, -0.05) is 19.1 Å². The van der Waals surface area contributed by atoms with Crippen LogP contribution in [0.3, 0.4) is 0 Å². The van der Waals surface area contributed by atoms with Crippen LogP contribution in [0.4, 0.5) is 0 Å². The standard InChI is InChI=1S/C16H26N2O2/c1-13-7-8-18(12-16(13)19-2)9-10-20-15-5-3-14(11-17)4-6-15/h3-6,13,16H,7-12,17H2,1-2H3. The summed E-state index contributed by atoms with van der Waals surface area (Å²) in [4.78, 5) is 2.42. The second-order valence-electron chi connectivity index (χ2n) is 5.54. The molecule has 1 aromatic rings. The molecule has 1 heterocycles. The fraction of sp³-hybridized carbons (Fsp3) is 0.625. The number of hydrogen-bond acceptors (Lipinski definition) is 4. The molecule has 2 atom stereocenters. The maximum atomic E-state index is 5.78. The van der Waals surface area contributed by atoms with Crippen molar-refractivity contribution in [2.24, 2.45) is 11.7 Å². The van der Waals surface area contributed by atoms with Crippen molar-refractivity contribution in [3.05, 3.63) is 29.8 Å². The predicted octanol–water partition coefficient (Wildman–Crippen LogP) is 1.88. The van der Waals surface area contributed by atoms with Crippen LogP contribution in [0.2, 0.25) is 0 Å². The SMILES string of the molecule is COC1CN(CCOc2ccc(CN)cc2)CCC1C. The Balaban J connectivity index is 1.72. The smallest absolute Gasteiger partial charge is 0.119 e. The molecule has 2 N–H and O–H groups in total. The average molecular weight is 278 g/mol. The van der Waals surface area contributed by atoms with E-state index in [1.54, 1.807) is 7.11 Å². The van der Waals surface area contributed by atoms with Crippen molar-refractivity contribution in [1.29, 1.82) is 0 Å². The number of likely N-dealkylation sites (tertiary alicyclic amines) is 1. The molecule has 1 aliphatic heterocycles. The van der Waals surface area contributed by atoms with E-state index in [0.717, 1.165) is 30.9 Å². The van der Waals surface area contributed by atoms with Crippen molar-refractivity contribution in [3.63, 3.8) is 0 Å². The van der Waals surface area contributed by atoms with E-state index in [0.29, 0.717) is 25.2 Å². The van der Waals surface area contributed by atoms with Crippen molar-refractivity contribution in [2.75, 3.05) is 33.4 Å². The van der Waals surface area contributed by atoms with Gasteiger partial charge in [0.05, 0.1) is 6.10 Å². The van der Waals surface area contributed by atoms with Crippen LogP contribution in [0.25, 0.3) is 0 Å². The Morgan fingerprint density at radius 2 is 2.05 bits per heavy atom. The summed E-state index contributed by atoms with van der Waals surface area (Å²) in [6.45, 7) is 6.65. The fourth-order valence-corrected chi connectivity index (χ4v) is 2.62. The molecule has 1 saturated heterocycles. The maximum Gasteiger partial charge on any atom is 0.119 e. The van der Waals surface area contributed by atoms with E-state index in [1.165, 1.54) is 6.42 Å². The summed E-state index contributed by atoms with van der Waals surface area (Å²) in [5.74, 6) is 1.57. The second-order valence-corrected chi connectivity index (χ2v) is 5.54. The average Bonchev–Trinajstić information content (AvgIpc) is 2.49. The predicted molar refractivity (Wildman–Crippen MR) is 80.8 cm³/mol. The monoisotopic (exact) mass is 278 g/mol. The van der Waals surface area contributed by atoms with E-state index in [-0.39, 0.29) is 0 Å². The molecule has 1 aliphatic rings. The normalized spacial score (nSPS) is 23.8. The number of benzene rings is 1. The van der Waals surface area contributed by atoms with Crippen molar-refractivity contribution in [3.8, 4) is 5.75 Å². The minimum absolute atomic E-state index is 0.354. The number of nitrogens with zero attached hydrogens (tertiary/aromatic N) is 1. The zero-order valence-electron chi connectivity index (χ0n) is 12.5. The zero-order valence-corrected chi connectivity index (χ0v) is 12.5. The minimum atomic E-state index is 0.354. The van der Waals surface area contributed by atoms with Gasteiger partial charge in [0.15, 0.2) is 0 Å². The molecule has 20 heavy (non-hydrogen) atoms. The first-order valence-electron chi connectivity index (χ1n) is 7.40. The minimum Gasteiger partial charge on any atom is -0.492 e. The van der Waals surface area contributed by atoms with Crippen LogP contribution >= 0.6 is 0 Å². The molecule has 0 bridgehead atoms. The van der Waals surface area contributed by atoms with Crippen LogP contribution in [0.15, 0.2) is 24.3 Å². The first-order valence-corrected chi connectivity index (χ1v) is 7.40. The fourth-order valence-electron chi connectivity index (χ4n) is 2.62. The molecule has 0 saturated carbocycles. The summed E-state index contributed by atoms with van der Waals surface area (Å²) in [7, 11) is 1.81. The lowest BCUT2D eigenvalue weighted by atomic mass is 9.96. The topological polar surface area (TPSA) is 47.7 Å². The highest BCUT2D eigenvalue weighted by molar-refractivity contribution is 5.27. The van der Waals surface area contributed by atoms with E-state index in [2.05, 4.69) is 11.8 Å². The van der Waals surface area contributed by atoms with Gasteiger partial charge in [0, 0.05) is 26.7 Å². The molecule has 2 unspecified atom stereocenters. The van der Waals surface area contributed by atoms with E-state index in [9.17, 15) is 0 Å². The lowest BCUT2D eigenvalue weighted by Crippen LogP contribution is -2.45. The van der Waals surface area contributed by atoms with Crippen LogP contribution in [-0.4, -0.2) is 44.4 Å². The summed E-state index contributed by atoms with van der Waals surface area (Å²) in [6.07, 6.45) is 1.55. The first-order chi connectivity index (χ1) is 9.72. The van der Waals surface area contributed by atoms with Crippen molar-refractivity contribution >= 4 is 0 Å². The molecule has 4 nitrogen and oxygen atoms in total. The van der Waals surface area contributed by atoms with Crippen LogP contribution in [0, 0.1) is 5.92 Å². The summed E-state index contributed by atoms with van der Waals surface area (Å²) in [5, 5.41) is 0. The van der Waals surface area contributed by atoms with E-state index < -0.39 is 0 Å². The van der Waals surface area contributed by atoms with E-state index >= 15 is 0 Å². The Morgan fingerprint density at radius 3 is 2.70 bits per heavy atom. The second kappa shape index (κ2) is 7.62. The molecule has 0 radical (unpaired) electrons. The molecular weight excluding hydrogens is 252 g/mol. The van der Waals surface area contributed by atoms with Crippen molar-refractivity contribution in [2.45, 2.75) is 26.0 Å². The molecule has 112 valence electrons. The Hall–Kier alpha value is -1.10. The summed E-state index contributed by atoms with van der Waals surface area (Å²) in [6, 6.07) is 7.99. The van der Waals surface area contributed by atoms with Crippen LogP contribution in [0.1, 0.15) is 18.9 Å². The van der Waals surface area contributed by atoms with Gasteiger partial charge in [-0.15, -0.1) is 0 Å². The molecule has 1 aromatic carbocycles. The molecule has 0 spiro atoms. The molecule has 4 heteroatoms. The third kappa shape index (κ3) is 4.20.